The first-order valence-electron chi connectivity index (χ1n) is 16.3. The van der Waals surface area contributed by atoms with Gasteiger partial charge in [0, 0.05) is 32.1 Å². The van der Waals surface area contributed by atoms with E-state index in [1.54, 1.807) is 0 Å². The minimum absolute atomic E-state index is 0.227. The number of fused-ring (bicyclic) bond motifs is 2. The van der Waals surface area contributed by atoms with Crippen LogP contribution in [-0.2, 0) is 57.5 Å². The summed E-state index contributed by atoms with van der Waals surface area (Å²) in [5.74, 6) is -9.33. The van der Waals surface area contributed by atoms with E-state index in [1.807, 2.05) is 0 Å². The number of aliphatic hydroxyl groups is 7. The molecule has 51 heavy (non-hydrogen) atoms. The summed E-state index contributed by atoms with van der Waals surface area (Å²) in [6.07, 6.45) is -15.3. The van der Waals surface area contributed by atoms with Crippen LogP contribution in [0.4, 0.5) is 0 Å². The first-order chi connectivity index (χ1) is 24.1. The van der Waals surface area contributed by atoms with Gasteiger partial charge in [0.25, 0.3) is 5.79 Å². The summed E-state index contributed by atoms with van der Waals surface area (Å²) in [6.45, 7) is 0.834. The number of ether oxygens (including phenoxy) is 5. The minimum Gasteiger partial charge on any atom is -0.396 e. The van der Waals surface area contributed by atoms with Crippen molar-refractivity contribution in [1.29, 1.82) is 0 Å². The standard InChI is InChI=1S/C29H43N3O19/c1-9(37)30-16-13(39)4-28(47-20(16)15-21-22(15)45-21)26(42)50-49-19-14(8-36)44-25(18(41)23(19)48-28)46-24-17(40)12(7-35)29(24,31-10(2)38)27(3,43)51-32-11(5-33)6-34/h5,11-25,32,34-36,39-41,43H,4,6-8H2,1-3H3,(H,30,37)(H,31,38)/t11-,12?,13-,14?,15?,16-,17+,18?,19+,20?,21+,22?,23?,24?,25+,27-,28+,29+/m1/s1. The number of hydrogen-bond donors (Lipinski definition) is 10. The zero-order valence-corrected chi connectivity index (χ0v) is 27.6. The van der Waals surface area contributed by atoms with Crippen LogP contribution in [0.2, 0.25) is 0 Å². The zero-order chi connectivity index (χ0) is 37.2. The van der Waals surface area contributed by atoms with Crippen LogP contribution < -0.4 is 16.1 Å². The molecule has 22 heteroatoms. The van der Waals surface area contributed by atoms with Crippen LogP contribution in [0.25, 0.3) is 0 Å². The average Bonchev–Trinajstić information content (AvgIpc) is 3.99. The maximum atomic E-state index is 13.4. The molecule has 2 aliphatic carbocycles. The van der Waals surface area contributed by atoms with Crippen molar-refractivity contribution in [2.75, 3.05) is 19.8 Å². The molecule has 6 fully saturated rings. The van der Waals surface area contributed by atoms with E-state index >= 15 is 0 Å². The van der Waals surface area contributed by atoms with Gasteiger partial charge in [-0.1, -0.05) is 0 Å². The van der Waals surface area contributed by atoms with Gasteiger partial charge in [-0.25, -0.2) is 4.79 Å². The summed E-state index contributed by atoms with van der Waals surface area (Å²) in [5, 5.41) is 80.4. The van der Waals surface area contributed by atoms with Gasteiger partial charge in [0.2, 0.25) is 17.6 Å². The fraction of sp³-hybridized carbons (Fsp3) is 0.862. The second kappa shape index (κ2) is 14.0. The second-order valence-corrected chi connectivity index (χ2v) is 13.7. The quantitative estimate of drug-likeness (QED) is 0.0276. The molecule has 2 amide bonds. The Morgan fingerprint density at radius 2 is 1.69 bits per heavy atom. The highest BCUT2D eigenvalue weighted by Gasteiger charge is 2.76. The van der Waals surface area contributed by atoms with Crippen LogP contribution >= 0.6 is 0 Å². The predicted octanol–water partition coefficient (Wildman–Crippen LogP) is -6.91. The van der Waals surface area contributed by atoms with Crippen molar-refractivity contribution in [3.05, 3.63) is 0 Å². The lowest BCUT2D eigenvalue weighted by molar-refractivity contribution is -0.408. The predicted molar refractivity (Wildman–Crippen MR) is 155 cm³/mol. The zero-order valence-electron chi connectivity index (χ0n) is 27.6. The fourth-order valence-corrected chi connectivity index (χ4v) is 7.60. The van der Waals surface area contributed by atoms with E-state index in [0.29, 0.717) is 0 Å². The summed E-state index contributed by atoms with van der Waals surface area (Å²) in [7, 11) is 0. The molecule has 4 heterocycles. The molecule has 0 bridgehead atoms. The smallest absolute Gasteiger partial charge is 0.396 e. The lowest BCUT2D eigenvalue weighted by Gasteiger charge is -2.63. The van der Waals surface area contributed by atoms with Crippen LogP contribution in [0.15, 0.2) is 0 Å². The van der Waals surface area contributed by atoms with Crippen LogP contribution in [0, 0.1) is 11.8 Å². The van der Waals surface area contributed by atoms with Gasteiger partial charge >= 0.3 is 5.97 Å². The Kier molecular flexibility index (Phi) is 10.5. The van der Waals surface area contributed by atoms with Crippen molar-refractivity contribution in [2.45, 2.75) is 124 Å². The van der Waals surface area contributed by atoms with E-state index in [9.17, 15) is 54.9 Å². The monoisotopic (exact) mass is 737 g/mol. The third-order valence-electron chi connectivity index (χ3n) is 10.3. The Morgan fingerprint density at radius 3 is 2.24 bits per heavy atom. The van der Waals surface area contributed by atoms with Crippen LogP contribution in [0.5, 0.6) is 0 Å². The van der Waals surface area contributed by atoms with Crippen molar-refractivity contribution >= 4 is 24.1 Å². The molecule has 6 aliphatic rings. The molecule has 0 aromatic rings. The number of aldehydes is 1. The molecule has 4 aliphatic heterocycles. The maximum Gasteiger partial charge on any atom is 0.401 e. The molecule has 10 N–H and O–H groups in total. The molecule has 288 valence electrons. The van der Waals surface area contributed by atoms with Gasteiger partial charge < -0.3 is 74.9 Å². The summed E-state index contributed by atoms with van der Waals surface area (Å²) < 4.78 is 29.3. The number of aliphatic hydroxyl groups excluding tert-OH is 6. The normalized spacial score (nSPS) is 47.3. The molecule has 0 aromatic carbocycles. The van der Waals surface area contributed by atoms with Crippen LogP contribution in [-0.4, -0.2) is 176 Å². The van der Waals surface area contributed by atoms with Crippen molar-refractivity contribution < 1.29 is 93.2 Å². The number of hydrogen-bond acceptors (Lipinski definition) is 20. The van der Waals surface area contributed by atoms with Gasteiger partial charge in [-0.05, 0) is 6.92 Å². The highest BCUT2D eigenvalue weighted by molar-refractivity contribution is 5.78. The van der Waals surface area contributed by atoms with Crippen LogP contribution in [0.3, 0.4) is 0 Å². The van der Waals surface area contributed by atoms with Crippen molar-refractivity contribution in [1.82, 2.24) is 16.1 Å². The van der Waals surface area contributed by atoms with Gasteiger partial charge in [0.1, 0.15) is 42.3 Å². The van der Waals surface area contributed by atoms with Gasteiger partial charge in [0.15, 0.2) is 12.4 Å². The summed E-state index contributed by atoms with van der Waals surface area (Å²) in [4.78, 5) is 64.7. The first kappa shape index (κ1) is 38.2. The number of amides is 2. The molecular formula is C29H43N3O19. The van der Waals surface area contributed by atoms with E-state index in [0.717, 1.165) is 13.8 Å². The molecule has 4 saturated heterocycles. The van der Waals surface area contributed by atoms with E-state index in [1.165, 1.54) is 6.92 Å². The summed E-state index contributed by atoms with van der Waals surface area (Å²) >= 11 is 0. The average molecular weight is 738 g/mol. The fourth-order valence-electron chi connectivity index (χ4n) is 7.60. The highest BCUT2D eigenvalue weighted by Crippen LogP contribution is 2.58. The number of hydroxylamine groups is 1. The summed E-state index contributed by atoms with van der Waals surface area (Å²) in [5.41, 5.74) is -0.107. The van der Waals surface area contributed by atoms with Crippen molar-refractivity contribution in [3.8, 4) is 0 Å². The maximum absolute atomic E-state index is 13.4. The van der Waals surface area contributed by atoms with Gasteiger partial charge in [-0.3, -0.25) is 19.3 Å². The van der Waals surface area contributed by atoms with E-state index in [2.05, 4.69) is 16.1 Å². The van der Waals surface area contributed by atoms with Crippen molar-refractivity contribution in [2.24, 2.45) is 11.8 Å². The highest BCUT2D eigenvalue weighted by atomic mass is 17.2. The largest absolute Gasteiger partial charge is 0.401 e. The number of carbonyl (C=O) groups excluding carboxylic acids is 4. The molecule has 0 radical (unpaired) electrons. The topological polar surface area (TPSA) is 323 Å². The molecule has 2 saturated carbocycles. The van der Waals surface area contributed by atoms with E-state index in [4.69, 9.17) is 38.3 Å². The first-order valence-corrected chi connectivity index (χ1v) is 16.3. The lowest BCUT2D eigenvalue weighted by atomic mass is 9.57. The molecule has 6 rings (SSSR count). The Hall–Kier alpha value is -2.52. The van der Waals surface area contributed by atoms with E-state index in [-0.39, 0.29) is 24.4 Å². The van der Waals surface area contributed by atoms with Crippen molar-refractivity contribution in [3.63, 3.8) is 0 Å². The number of epoxide rings is 1. The third kappa shape index (κ3) is 6.44. The SMILES string of the molecule is CC(=O)N[C@H]1C(C2C3O[C@H]32)O[C@@]2(C[C@H]1O)OC1C(O)[C@H](OC3[C@@H](O)C(CO)[C@@]3(NC(C)=O)[C@](C)(O)ON[C@H](C=O)CO)OC(CO)[C@@H]1OOC2=O. The third-order valence-corrected chi connectivity index (χ3v) is 10.3. The van der Waals surface area contributed by atoms with Gasteiger partial charge in [0.05, 0.1) is 56.4 Å². The Bertz CT molecular complexity index is 1350. The molecule has 18 atom stereocenters. The van der Waals surface area contributed by atoms with E-state index < -0.39 is 134 Å². The minimum atomic E-state index is -2.63. The molecule has 22 nitrogen and oxygen atoms in total. The Morgan fingerprint density at radius 1 is 1.00 bits per heavy atom. The number of nitrogens with one attached hydrogen (secondary N) is 3. The molecule has 1 spiro atoms. The Labute approximate surface area is 289 Å². The molecule has 8 unspecified atom stereocenters. The van der Waals surface area contributed by atoms with Crippen LogP contribution in [0.1, 0.15) is 27.2 Å². The summed E-state index contributed by atoms with van der Waals surface area (Å²) in [6, 6.07) is -2.32. The lowest BCUT2D eigenvalue weighted by Crippen LogP contribution is -2.87. The Balaban J connectivity index is 1.29. The van der Waals surface area contributed by atoms with Gasteiger partial charge in [-0.15, -0.1) is 0 Å². The second-order valence-electron chi connectivity index (χ2n) is 13.7. The molecule has 0 aromatic heterocycles. The molecular weight excluding hydrogens is 694 g/mol. The van der Waals surface area contributed by atoms with Gasteiger partial charge in [-0.2, -0.15) is 10.4 Å². The number of rotatable bonds is 13. The number of carbonyl (C=O) groups is 4.